The Labute approximate surface area is 159 Å². The SMILES string of the molecule is CC(C)(C)OC(=O)N(Cc1ccc(CO)cc1)OS(=O)(=O)c1ccccc1. The van der Waals surface area contributed by atoms with Crippen LogP contribution in [0.25, 0.3) is 0 Å². The van der Waals surface area contributed by atoms with Gasteiger partial charge in [0.2, 0.25) is 0 Å². The lowest BCUT2D eigenvalue weighted by molar-refractivity contribution is -0.0739. The Morgan fingerprint density at radius 3 is 2.07 bits per heavy atom. The van der Waals surface area contributed by atoms with E-state index in [1.54, 1.807) is 63.2 Å². The fourth-order valence-electron chi connectivity index (χ4n) is 2.10. The number of nitrogens with zero attached hydrogens (tertiary/aromatic N) is 1. The predicted molar refractivity (Wildman–Crippen MR) is 98.9 cm³/mol. The average molecular weight is 393 g/mol. The fraction of sp³-hybridized carbons (Fsp3) is 0.316. The highest BCUT2D eigenvalue weighted by molar-refractivity contribution is 7.86. The Morgan fingerprint density at radius 2 is 1.56 bits per heavy atom. The van der Waals surface area contributed by atoms with E-state index >= 15 is 0 Å². The van der Waals surface area contributed by atoms with Crippen LogP contribution in [-0.4, -0.2) is 30.3 Å². The molecule has 0 saturated heterocycles. The van der Waals surface area contributed by atoms with Gasteiger partial charge in [0.25, 0.3) is 0 Å². The van der Waals surface area contributed by atoms with Crippen LogP contribution in [0.2, 0.25) is 0 Å². The molecule has 0 aliphatic carbocycles. The highest BCUT2D eigenvalue weighted by Gasteiger charge is 2.29. The minimum absolute atomic E-state index is 0.0748. The number of hydrogen-bond acceptors (Lipinski definition) is 6. The first-order valence-corrected chi connectivity index (χ1v) is 9.70. The van der Waals surface area contributed by atoms with Gasteiger partial charge in [0.15, 0.2) is 0 Å². The molecule has 0 atom stereocenters. The smallest absolute Gasteiger partial charge is 0.435 e. The second kappa shape index (κ2) is 8.51. The molecule has 0 aliphatic heterocycles. The largest absolute Gasteiger partial charge is 0.442 e. The van der Waals surface area contributed by atoms with Crippen molar-refractivity contribution < 1.29 is 27.3 Å². The highest BCUT2D eigenvalue weighted by atomic mass is 32.2. The van der Waals surface area contributed by atoms with Gasteiger partial charge in [-0.2, -0.15) is 13.5 Å². The van der Waals surface area contributed by atoms with E-state index in [1.807, 2.05) is 0 Å². The second-order valence-corrected chi connectivity index (χ2v) is 8.36. The van der Waals surface area contributed by atoms with Crippen LogP contribution in [0.15, 0.2) is 59.5 Å². The molecule has 146 valence electrons. The Kier molecular flexibility index (Phi) is 6.59. The molecule has 1 N–H and O–H groups in total. The summed E-state index contributed by atoms with van der Waals surface area (Å²) in [6.07, 6.45) is -0.923. The molecular weight excluding hydrogens is 370 g/mol. The molecule has 7 nitrogen and oxygen atoms in total. The van der Waals surface area contributed by atoms with E-state index in [9.17, 15) is 13.2 Å². The van der Waals surface area contributed by atoms with Crippen LogP contribution >= 0.6 is 0 Å². The maximum absolute atomic E-state index is 12.5. The molecule has 2 rings (SSSR count). The molecule has 2 aromatic rings. The zero-order valence-corrected chi connectivity index (χ0v) is 16.3. The summed E-state index contributed by atoms with van der Waals surface area (Å²) < 4.78 is 35.3. The van der Waals surface area contributed by atoms with Crippen LogP contribution in [0, 0.1) is 0 Å². The highest BCUT2D eigenvalue weighted by Crippen LogP contribution is 2.19. The number of ether oxygens (including phenoxy) is 1. The molecule has 0 bridgehead atoms. The summed E-state index contributed by atoms with van der Waals surface area (Å²) >= 11 is 0. The Balaban J connectivity index is 2.27. The molecule has 27 heavy (non-hydrogen) atoms. The maximum atomic E-state index is 12.5. The van der Waals surface area contributed by atoms with Crippen LogP contribution in [0.1, 0.15) is 31.9 Å². The molecule has 8 heteroatoms. The van der Waals surface area contributed by atoms with Gasteiger partial charge in [-0.05, 0) is 44.0 Å². The van der Waals surface area contributed by atoms with Crippen molar-refractivity contribution in [3.05, 3.63) is 65.7 Å². The van der Waals surface area contributed by atoms with Crippen LogP contribution in [0.3, 0.4) is 0 Å². The van der Waals surface area contributed by atoms with Crippen molar-refractivity contribution in [3.8, 4) is 0 Å². The number of aliphatic hydroxyl groups excluding tert-OH is 1. The van der Waals surface area contributed by atoms with E-state index in [2.05, 4.69) is 0 Å². The number of rotatable bonds is 6. The Morgan fingerprint density at radius 1 is 1.00 bits per heavy atom. The van der Waals surface area contributed by atoms with Crippen molar-refractivity contribution in [2.45, 2.75) is 44.4 Å². The van der Waals surface area contributed by atoms with E-state index in [0.717, 1.165) is 0 Å². The van der Waals surface area contributed by atoms with Gasteiger partial charge in [0.1, 0.15) is 5.60 Å². The average Bonchev–Trinajstić information content (AvgIpc) is 2.61. The third kappa shape index (κ3) is 6.35. The lowest BCUT2D eigenvalue weighted by Gasteiger charge is -2.26. The first-order valence-electron chi connectivity index (χ1n) is 8.29. The molecule has 0 radical (unpaired) electrons. The molecule has 0 heterocycles. The van der Waals surface area contributed by atoms with Crippen LogP contribution in [0.5, 0.6) is 0 Å². The lowest BCUT2D eigenvalue weighted by atomic mass is 10.1. The number of hydrogen-bond donors (Lipinski definition) is 1. The minimum Gasteiger partial charge on any atom is -0.442 e. The normalized spacial score (nSPS) is 11.9. The Bertz CT molecular complexity index is 857. The molecule has 0 unspecified atom stereocenters. The van der Waals surface area contributed by atoms with Gasteiger partial charge in [0.05, 0.1) is 18.0 Å². The van der Waals surface area contributed by atoms with E-state index < -0.39 is 21.8 Å². The van der Waals surface area contributed by atoms with Gasteiger partial charge in [-0.25, -0.2) is 4.79 Å². The first-order chi connectivity index (χ1) is 12.6. The van der Waals surface area contributed by atoms with Gasteiger partial charge in [0, 0.05) is 0 Å². The Hall–Kier alpha value is -2.42. The summed E-state index contributed by atoms with van der Waals surface area (Å²) in [4.78, 5) is 12.4. The molecular formula is C19H23NO6S. The van der Waals surface area contributed by atoms with E-state index in [-0.39, 0.29) is 18.0 Å². The summed E-state index contributed by atoms with van der Waals surface area (Å²) in [7, 11) is -4.21. The molecule has 2 aromatic carbocycles. The number of carbonyl (C=O) groups is 1. The molecule has 1 amide bonds. The van der Waals surface area contributed by atoms with Gasteiger partial charge in [-0.3, -0.25) is 0 Å². The van der Waals surface area contributed by atoms with Gasteiger partial charge in [-0.15, -0.1) is 4.28 Å². The summed E-state index contributed by atoms with van der Waals surface area (Å²) in [5.74, 6) is 0. The van der Waals surface area contributed by atoms with E-state index in [4.69, 9.17) is 14.1 Å². The van der Waals surface area contributed by atoms with Gasteiger partial charge < -0.3 is 9.84 Å². The third-order valence-corrected chi connectivity index (χ3v) is 4.57. The summed E-state index contributed by atoms with van der Waals surface area (Å²) in [6, 6.07) is 14.2. The number of aliphatic hydroxyl groups is 1. The van der Waals surface area contributed by atoms with Gasteiger partial charge >= 0.3 is 16.2 Å². The topological polar surface area (TPSA) is 93.1 Å². The number of hydroxylamine groups is 2. The number of carbonyl (C=O) groups excluding carboxylic acids is 1. The van der Waals surface area contributed by atoms with Gasteiger partial charge in [-0.1, -0.05) is 42.5 Å². The van der Waals surface area contributed by atoms with Crippen molar-refractivity contribution >= 4 is 16.2 Å². The van der Waals surface area contributed by atoms with Crippen molar-refractivity contribution in [2.24, 2.45) is 0 Å². The van der Waals surface area contributed by atoms with Crippen molar-refractivity contribution in [3.63, 3.8) is 0 Å². The van der Waals surface area contributed by atoms with Crippen molar-refractivity contribution in [1.29, 1.82) is 0 Å². The standard InChI is InChI=1S/C19H23NO6S/c1-19(2,3)25-18(22)20(13-15-9-11-16(14-21)12-10-15)26-27(23,24)17-7-5-4-6-8-17/h4-12,21H,13-14H2,1-3H3. The quantitative estimate of drug-likeness (QED) is 0.758. The fourth-order valence-corrected chi connectivity index (χ4v) is 3.03. The molecule has 0 spiro atoms. The summed E-state index contributed by atoms with van der Waals surface area (Å²) in [5.41, 5.74) is 0.484. The van der Waals surface area contributed by atoms with E-state index in [1.165, 1.54) is 12.1 Å². The van der Waals surface area contributed by atoms with Crippen LogP contribution < -0.4 is 0 Å². The second-order valence-electron chi connectivity index (χ2n) is 6.83. The lowest BCUT2D eigenvalue weighted by Crippen LogP contribution is -2.38. The number of benzene rings is 2. The summed E-state index contributed by atoms with van der Waals surface area (Å²) in [5, 5.41) is 9.78. The van der Waals surface area contributed by atoms with Crippen LogP contribution in [-0.2, 0) is 32.3 Å². The molecule has 0 aliphatic rings. The summed E-state index contributed by atoms with van der Waals surface area (Å²) in [6.45, 7) is 4.75. The molecule has 0 fully saturated rings. The molecule has 0 saturated carbocycles. The van der Waals surface area contributed by atoms with Crippen molar-refractivity contribution in [1.82, 2.24) is 5.06 Å². The number of amides is 1. The monoisotopic (exact) mass is 393 g/mol. The maximum Gasteiger partial charge on any atom is 0.435 e. The zero-order valence-electron chi connectivity index (χ0n) is 15.5. The predicted octanol–water partition coefficient (Wildman–Crippen LogP) is 3.24. The van der Waals surface area contributed by atoms with Crippen molar-refractivity contribution in [2.75, 3.05) is 0 Å². The van der Waals surface area contributed by atoms with Crippen LogP contribution in [0.4, 0.5) is 4.79 Å². The third-order valence-electron chi connectivity index (χ3n) is 3.35. The first kappa shape index (κ1) is 20.9. The van der Waals surface area contributed by atoms with E-state index in [0.29, 0.717) is 16.2 Å². The minimum atomic E-state index is -4.21. The zero-order chi connectivity index (χ0) is 20.1. The molecule has 0 aromatic heterocycles.